The molecule has 0 aromatic carbocycles. The van der Waals surface area contributed by atoms with Crippen LogP contribution in [0.1, 0.15) is 81.6 Å². The van der Waals surface area contributed by atoms with Gasteiger partial charge in [0.25, 0.3) is 0 Å². The first-order valence-corrected chi connectivity index (χ1v) is 14.6. The average molecular weight is 535 g/mol. The molecule has 0 nitrogen and oxygen atoms in total. The number of hydrogen-bond acceptors (Lipinski definition) is 0. The van der Waals surface area contributed by atoms with E-state index in [-0.39, 0.29) is 0 Å². The van der Waals surface area contributed by atoms with Crippen molar-refractivity contribution >= 4 is 0 Å². The van der Waals surface area contributed by atoms with Crippen LogP contribution >= 0.6 is 0 Å². The standard InChI is InChI=1S/C40H54/c1-32(2)18-13-21-35(5)24-15-26-36(6)25-14-22-33(3)19-11-12-20-34(4)23-16-27-37(7)29-30-39-38(8)28-17-31-40(39,9)10/h11-16,18-27,29-30,39H,8,17,28,31H2,1-7,9-10H3/b12-11+,21-13+,22-14+,23-16+,26-15+,30-29+,33-19+,34-20+,35-24+,36-25+,37-27+. The lowest BCUT2D eigenvalue weighted by Gasteiger charge is -2.38. The van der Waals surface area contributed by atoms with Gasteiger partial charge in [-0.1, -0.05) is 169 Å². The van der Waals surface area contributed by atoms with Crippen LogP contribution in [0.4, 0.5) is 0 Å². The lowest BCUT2D eigenvalue weighted by molar-refractivity contribution is 0.228. The van der Waals surface area contributed by atoms with Gasteiger partial charge in [-0.15, -0.1) is 0 Å². The van der Waals surface area contributed by atoms with Gasteiger partial charge in [-0.25, -0.2) is 0 Å². The Morgan fingerprint density at radius 3 is 1.35 bits per heavy atom. The summed E-state index contributed by atoms with van der Waals surface area (Å²) in [7, 11) is 0. The third kappa shape index (κ3) is 15.9. The van der Waals surface area contributed by atoms with Crippen LogP contribution in [0.2, 0.25) is 0 Å². The number of rotatable bonds is 12. The zero-order valence-corrected chi connectivity index (χ0v) is 26.8. The lowest BCUT2D eigenvalue weighted by Crippen LogP contribution is -2.27. The van der Waals surface area contributed by atoms with Gasteiger partial charge in [0.15, 0.2) is 0 Å². The van der Waals surface area contributed by atoms with Gasteiger partial charge in [-0.2, -0.15) is 0 Å². The molecule has 0 aromatic rings. The van der Waals surface area contributed by atoms with Crippen LogP contribution in [-0.2, 0) is 0 Å². The zero-order chi connectivity index (χ0) is 30.0. The lowest BCUT2D eigenvalue weighted by atomic mass is 9.66. The van der Waals surface area contributed by atoms with E-state index in [9.17, 15) is 0 Å². The summed E-state index contributed by atoms with van der Waals surface area (Å²) in [6.45, 7) is 23.9. The highest BCUT2D eigenvalue weighted by Gasteiger charge is 2.32. The smallest absolute Gasteiger partial charge is 0.00285 e. The largest absolute Gasteiger partial charge is 0.0992 e. The predicted molar refractivity (Wildman–Crippen MR) is 183 cm³/mol. The third-order valence-corrected chi connectivity index (χ3v) is 6.93. The summed E-state index contributed by atoms with van der Waals surface area (Å²) in [5.74, 6) is 0.473. The topological polar surface area (TPSA) is 0 Å². The van der Waals surface area contributed by atoms with E-state index in [1.54, 1.807) is 0 Å². The van der Waals surface area contributed by atoms with Crippen LogP contribution in [-0.4, -0.2) is 0 Å². The summed E-state index contributed by atoms with van der Waals surface area (Å²) >= 11 is 0. The van der Waals surface area contributed by atoms with E-state index < -0.39 is 0 Å². The molecule has 0 heteroatoms. The first kappa shape index (κ1) is 34.6. The summed E-state index contributed by atoms with van der Waals surface area (Å²) in [6, 6.07) is 0. The van der Waals surface area contributed by atoms with E-state index in [0.717, 1.165) is 6.42 Å². The molecule has 0 radical (unpaired) electrons. The highest BCUT2D eigenvalue weighted by molar-refractivity contribution is 5.33. The van der Waals surface area contributed by atoms with E-state index in [1.807, 2.05) is 0 Å². The van der Waals surface area contributed by atoms with Gasteiger partial charge in [-0.3, -0.25) is 0 Å². The van der Waals surface area contributed by atoms with Crippen LogP contribution in [0.3, 0.4) is 0 Å². The molecule has 0 heterocycles. The molecular formula is C40H54. The predicted octanol–water partition coefficient (Wildman–Crippen LogP) is 12.4. The molecule has 0 bridgehead atoms. The van der Waals surface area contributed by atoms with Gasteiger partial charge in [-0.05, 0) is 73.1 Å². The van der Waals surface area contributed by atoms with Crippen molar-refractivity contribution in [1.82, 2.24) is 0 Å². The Kier molecular flexibility index (Phi) is 16.3. The molecule has 0 spiro atoms. The minimum absolute atomic E-state index is 0.309. The van der Waals surface area contributed by atoms with Crippen molar-refractivity contribution in [3.8, 4) is 0 Å². The van der Waals surface area contributed by atoms with Gasteiger partial charge < -0.3 is 0 Å². The van der Waals surface area contributed by atoms with Crippen molar-refractivity contribution in [2.75, 3.05) is 0 Å². The first-order chi connectivity index (χ1) is 18.9. The SMILES string of the molecule is C=C1CCCC(C)(C)C1/C=C/C(C)=C/C=C/C(C)=C/C=C/C=C(C)/C=C/C=C(C)/C=C/C=C(C)/C=C/C=C(C)C. The van der Waals surface area contributed by atoms with Gasteiger partial charge in [0.1, 0.15) is 0 Å². The van der Waals surface area contributed by atoms with Crippen molar-refractivity contribution in [2.24, 2.45) is 11.3 Å². The Morgan fingerprint density at radius 2 is 0.950 bits per heavy atom. The molecule has 1 rings (SSSR count). The Balaban J connectivity index is 2.59. The molecule has 1 aliphatic rings. The van der Waals surface area contributed by atoms with Crippen LogP contribution in [0.25, 0.3) is 0 Å². The maximum absolute atomic E-state index is 4.33. The molecule has 0 saturated heterocycles. The number of hydrogen-bond donors (Lipinski definition) is 0. The van der Waals surface area contributed by atoms with Crippen molar-refractivity contribution < 1.29 is 0 Å². The second kappa shape index (κ2) is 18.8. The van der Waals surface area contributed by atoms with Gasteiger partial charge in [0.05, 0.1) is 0 Å². The van der Waals surface area contributed by atoms with E-state index >= 15 is 0 Å². The van der Waals surface area contributed by atoms with E-state index in [4.69, 9.17) is 0 Å². The molecule has 0 amide bonds. The quantitative estimate of drug-likeness (QED) is 0.172. The molecule has 0 aliphatic heterocycles. The van der Waals surface area contributed by atoms with Crippen LogP contribution in [0.5, 0.6) is 0 Å². The molecule has 1 unspecified atom stereocenters. The highest BCUT2D eigenvalue weighted by atomic mass is 14.4. The summed E-state index contributed by atoms with van der Waals surface area (Å²) in [4.78, 5) is 0. The van der Waals surface area contributed by atoms with Crippen LogP contribution in [0.15, 0.2) is 155 Å². The monoisotopic (exact) mass is 534 g/mol. The molecule has 214 valence electrons. The zero-order valence-electron chi connectivity index (χ0n) is 26.8. The Morgan fingerprint density at radius 1 is 0.575 bits per heavy atom. The van der Waals surface area contributed by atoms with E-state index in [1.165, 1.54) is 51.9 Å². The Hall–Kier alpha value is -3.38. The molecule has 40 heavy (non-hydrogen) atoms. The van der Waals surface area contributed by atoms with Gasteiger partial charge in [0.2, 0.25) is 0 Å². The molecule has 1 saturated carbocycles. The van der Waals surface area contributed by atoms with Gasteiger partial charge >= 0.3 is 0 Å². The molecule has 1 atom stereocenters. The molecule has 1 aliphatic carbocycles. The van der Waals surface area contributed by atoms with Crippen molar-refractivity contribution in [3.63, 3.8) is 0 Å². The summed E-state index contributed by atoms with van der Waals surface area (Å²) in [6.07, 6.45) is 42.3. The summed E-state index contributed by atoms with van der Waals surface area (Å²) in [5, 5.41) is 0. The molecule has 0 N–H and O–H groups in total. The highest BCUT2D eigenvalue weighted by Crippen LogP contribution is 2.43. The first-order valence-electron chi connectivity index (χ1n) is 14.6. The van der Waals surface area contributed by atoms with Gasteiger partial charge in [0, 0.05) is 5.92 Å². The van der Waals surface area contributed by atoms with Crippen molar-refractivity contribution in [2.45, 2.75) is 81.6 Å². The maximum atomic E-state index is 4.33. The molecule has 0 aromatic heterocycles. The molecular weight excluding hydrogens is 480 g/mol. The van der Waals surface area contributed by atoms with Crippen molar-refractivity contribution in [3.05, 3.63) is 155 Å². The summed E-state index contributed by atoms with van der Waals surface area (Å²) in [5.41, 5.74) is 9.12. The fraction of sp³-hybridized carbons (Fsp3) is 0.350. The number of allylic oxidation sites excluding steroid dienone is 25. The fourth-order valence-electron chi connectivity index (χ4n) is 4.42. The second-order valence-corrected chi connectivity index (χ2v) is 12.0. The third-order valence-electron chi connectivity index (χ3n) is 6.93. The maximum Gasteiger partial charge on any atom is 0.00285 e. The van der Waals surface area contributed by atoms with Crippen LogP contribution in [0, 0.1) is 11.3 Å². The Bertz CT molecular complexity index is 1190. The minimum Gasteiger partial charge on any atom is -0.0992 e. The Labute approximate surface area is 247 Å². The minimum atomic E-state index is 0.309. The second-order valence-electron chi connectivity index (χ2n) is 12.0. The van der Waals surface area contributed by atoms with E-state index in [0.29, 0.717) is 11.3 Å². The van der Waals surface area contributed by atoms with Crippen molar-refractivity contribution in [1.29, 1.82) is 0 Å². The fourth-order valence-corrected chi connectivity index (χ4v) is 4.42. The van der Waals surface area contributed by atoms with E-state index in [2.05, 4.69) is 178 Å². The molecule has 1 fully saturated rings. The summed E-state index contributed by atoms with van der Waals surface area (Å²) < 4.78 is 0. The average Bonchev–Trinajstić information content (AvgIpc) is 2.85. The normalized spacial score (nSPS) is 20.5. The van der Waals surface area contributed by atoms with Crippen LogP contribution < -0.4 is 0 Å².